The lowest BCUT2D eigenvalue weighted by Gasteiger charge is -2.50. The Morgan fingerprint density at radius 1 is 1.29 bits per heavy atom. The summed E-state index contributed by atoms with van der Waals surface area (Å²) in [5, 5.41) is 17.6. The first-order chi connectivity index (χ1) is 22.3. The van der Waals surface area contributed by atoms with Crippen LogP contribution in [0.4, 0.5) is 5.13 Å². The van der Waals surface area contributed by atoms with Gasteiger partial charge < -0.3 is 30.2 Å². The number of carboxylic acids is 1. The van der Waals surface area contributed by atoms with Gasteiger partial charge in [-0.3, -0.25) is 14.1 Å². The molecule has 19 nitrogen and oxygen atoms in total. The van der Waals surface area contributed by atoms with Crippen molar-refractivity contribution in [1.29, 1.82) is 0 Å². The summed E-state index contributed by atoms with van der Waals surface area (Å²) in [6.45, 7) is 4.07. The molecule has 0 radical (unpaired) electrons. The molecule has 0 spiro atoms. The largest absolute Gasteiger partial charge is 0.487 e. The molecule has 1 aliphatic rings. The van der Waals surface area contributed by atoms with Gasteiger partial charge in [0.2, 0.25) is 12.1 Å². The number of carboxylic acid groups (broad SMARTS) is 1. The molecule has 1 unspecified atom stereocenters. The minimum Gasteiger partial charge on any atom is -0.487 e. The molecule has 2 amide bonds. The van der Waals surface area contributed by atoms with Crippen molar-refractivity contribution in [2.45, 2.75) is 44.5 Å². The highest BCUT2D eigenvalue weighted by Gasteiger charge is 2.58. The molecule has 0 saturated carbocycles. The van der Waals surface area contributed by atoms with Gasteiger partial charge in [0, 0.05) is 17.9 Å². The third-order valence-corrected chi connectivity index (χ3v) is 7.98. The Morgan fingerprint density at radius 3 is 2.58 bits per heavy atom. The fourth-order valence-electron chi connectivity index (χ4n) is 4.46. The highest BCUT2D eigenvalue weighted by molar-refractivity contribution is 7.80. The van der Waals surface area contributed by atoms with Crippen LogP contribution in [0.2, 0.25) is 0 Å². The number of nitrogen functional groups attached to an aromatic ring is 1. The van der Waals surface area contributed by atoms with Crippen molar-refractivity contribution in [3.63, 3.8) is 0 Å². The van der Waals surface area contributed by atoms with Gasteiger partial charge in [-0.2, -0.15) is 18.0 Å². The van der Waals surface area contributed by atoms with Gasteiger partial charge in [0.05, 0.1) is 46.0 Å². The summed E-state index contributed by atoms with van der Waals surface area (Å²) in [6.07, 6.45) is 6.46. The predicted octanol–water partition coefficient (Wildman–Crippen LogP) is -0.612. The van der Waals surface area contributed by atoms with Crippen LogP contribution < -0.4 is 20.4 Å². The van der Waals surface area contributed by atoms with Crippen LogP contribution in [-0.4, -0.2) is 118 Å². The van der Waals surface area contributed by atoms with Crippen molar-refractivity contribution in [1.82, 2.24) is 24.9 Å². The highest BCUT2D eigenvalue weighted by atomic mass is 32.3. The van der Waals surface area contributed by atoms with Crippen LogP contribution >= 0.6 is 11.3 Å². The lowest BCUT2D eigenvalue weighted by Crippen LogP contribution is -2.76. The number of rotatable bonds is 16. The number of pyridine rings is 1. The predicted molar refractivity (Wildman–Crippen MR) is 168 cm³/mol. The number of nitrogens with two attached hydrogens (primary N) is 1. The standard InChI is InChI=1S/C27H35N9O10S2/c1-27(2)22(24(38)35(27)46-48(41,42)43)31-23(37)21(18-15-47-26(28)30-18)32-45-19(25(39)40)14-44-17-7-8-20(29-13-17)34-11-10-33(16-34)9-6-12-36(3,4)5/h7-8,10-11,13,15-16,19,22H,6,9,12,14H2,1-5H3,(H3-2,28,30,31,37,39,40,41,42,43)/p+2/b32-21-/t19-,22?/m0/s1. The average Bonchev–Trinajstić information content (AvgIpc) is 3.64. The average molecular weight is 712 g/mol. The number of nitrogens with one attached hydrogen (secondary N) is 1. The second-order valence-corrected chi connectivity index (χ2v) is 14.1. The third-order valence-electron chi connectivity index (χ3n) is 6.97. The Balaban J connectivity index is 1.40. The van der Waals surface area contributed by atoms with Crippen LogP contribution in [0.1, 0.15) is 26.0 Å². The Kier molecular flexibility index (Phi) is 10.7. The number of hydrogen-bond acceptors (Lipinski definition) is 13. The van der Waals surface area contributed by atoms with Crippen LogP contribution in [0.3, 0.4) is 0 Å². The minimum atomic E-state index is -5.02. The zero-order valence-electron chi connectivity index (χ0n) is 26.7. The number of anilines is 1. The number of ether oxygens (including phenoxy) is 1. The SMILES string of the molecule is CC1(C)C(NC(=O)/C(=N\O[C@@H](COc2ccc(-n3cc[n+](CCC[N+](C)(C)C)c3)nc2)C(=O)O)c2csc(N)n2)C(=O)N1OS(=O)(=O)O. The number of thiazole rings is 1. The lowest BCUT2D eigenvalue weighted by molar-refractivity contribution is -0.873. The lowest BCUT2D eigenvalue weighted by atomic mass is 9.84. The first-order valence-corrected chi connectivity index (χ1v) is 16.6. The van der Waals surface area contributed by atoms with Crippen molar-refractivity contribution in [2.75, 3.05) is 40.0 Å². The Morgan fingerprint density at radius 2 is 2.02 bits per heavy atom. The van der Waals surface area contributed by atoms with Gasteiger partial charge in [-0.25, -0.2) is 19.3 Å². The maximum absolute atomic E-state index is 13.2. The molecule has 48 heavy (non-hydrogen) atoms. The fourth-order valence-corrected chi connectivity index (χ4v) is 5.46. The number of carbonyl (C=O) groups is 3. The summed E-state index contributed by atoms with van der Waals surface area (Å²) in [5.41, 5.74) is 3.65. The molecule has 1 fully saturated rings. The van der Waals surface area contributed by atoms with Crippen molar-refractivity contribution in [3.8, 4) is 11.6 Å². The maximum Gasteiger partial charge on any atom is 0.418 e. The smallest absolute Gasteiger partial charge is 0.418 e. The first kappa shape index (κ1) is 36.1. The zero-order valence-corrected chi connectivity index (χ0v) is 28.3. The molecule has 3 aromatic heterocycles. The molecule has 4 heterocycles. The zero-order chi connectivity index (χ0) is 35.4. The summed E-state index contributed by atoms with van der Waals surface area (Å²) in [6, 6.07) is 1.97. The molecule has 2 atom stereocenters. The van der Waals surface area contributed by atoms with Gasteiger partial charge in [0.1, 0.15) is 36.5 Å². The number of amides is 2. The number of imidazole rings is 1. The van der Waals surface area contributed by atoms with E-state index in [0.29, 0.717) is 10.9 Å². The van der Waals surface area contributed by atoms with E-state index in [2.05, 4.69) is 50.4 Å². The summed E-state index contributed by atoms with van der Waals surface area (Å²) < 4.78 is 45.8. The van der Waals surface area contributed by atoms with E-state index in [-0.39, 0.29) is 16.6 Å². The molecule has 1 aliphatic heterocycles. The number of oxime groups is 1. The fraction of sp³-hybridized carbons (Fsp3) is 0.444. The maximum atomic E-state index is 13.2. The van der Waals surface area contributed by atoms with E-state index >= 15 is 0 Å². The Bertz CT molecular complexity index is 1780. The number of aryl methyl sites for hydroxylation is 1. The normalized spacial score (nSPS) is 17.0. The van der Waals surface area contributed by atoms with E-state index in [4.69, 9.17) is 19.9 Å². The molecular weight excluding hydrogens is 674 g/mol. The molecule has 4 rings (SSSR count). The molecule has 3 aromatic rings. The van der Waals surface area contributed by atoms with Crippen molar-refractivity contribution in [3.05, 3.63) is 48.1 Å². The number of aliphatic carboxylic acids is 1. The molecule has 21 heteroatoms. The quantitative estimate of drug-likeness (QED) is 0.0362. The number of hydroxylamine groups is 2. The van der Waals surface area contributed by atoms with E-state index < -0.39 is 58.2 Å². The number of β-lactam (4-membered cyclic amide) rings is 1. The number of aromatic nitrogens is 4. The van der Waals surface area contributed by atoms with Crippen LogP contribution in [0.5, 0.6) is 5.75 Å². The summed E-state index contributed by atoms with van der Waals surface area (Å²) >= 11 is 0.958. The van der Waals surface area contributed by atoms with Gasteiger partial charge in [-0.15, -0.1) is 15.6 Å². The van der Waals surface area contributed by atoms with E-state index in [1.165, 1.54) is 25.4 Å². The second kappa shape index (κ2) is 14.2. The molecule has 260 valence electrons. The molecule has 0 bridgehead atoms. The minimum absolute atomic E-state index is 0.0573. The summed E-state index contributed by atoms with van der Waals surface area (Å²) in [5.74, 6) is -2.62. The number of quaternary nitrogens is 1. The van der Waals surface area contributed by atoms with Crippen LogP contribution in [0.25, 0.3) is 5.82 Å². The van der Waals surface area contributed by atoms with E-state index in [1.807, 2.05) is 23.3 Å². The van der Waals surface area contributed by atoms with Gasteiger partial charge in [0.15, 0.2) is 10.8 Å². The van der Waals surface area contributed by atoms with Crippen molar-refractivity contribution in [2.24, 2.45) is 5.16 Å². The van der Waals surface area contributed by atoms with Gasteiger partial charge in [-0.05, 0) is 19.9 Å². The highest BCUT2D eigenvalue weighted by Crippen LogP contribution is 2.33. The van der Waals surface area contributed by atoms with Gasteiger partial charge in [-0.1, -0.05) is 5.16 Å². The number of nitrogens with zero attached hydrogens (tertiary/aromatic N) is 7. The van der Waals surface area contributed by atoms with Crippen LogP contribution in [0.15, 0.2) is 47.6 Å². The first-order valence-electron chi connectivity index (χ1n) is 14.3. The summed E-state index contributed by atoms with van der Waals surface area (Å²) in [7, 11) is 1.41. The van der Waals surface area contributed by atoms with Crippen LogP contribution in [0, 0.1) is 0 Å². The van der Waals surface area contributed by atoms with Gasteiger partial charge in [0.25, 0.3) is 17.9 Å². The molecule has 1 saturated heterocycles. The molecule has 5 N–H and O–H groups in total. The molecular formula is C27H37N9O10S2+2. The summed E-state index contributed by atoms with van der Waals surface area (Å²) in [4.78, 5) is 51.2. The van der Waals surface area contributed by atoms with Crippen LogP contribution in [-0.2, 0) is 40.4 Å². The molecule has 0 aromatic carbocycles. The van der Waals surface area contributed by atoms with E-state index in [0.717, 1.165) is 35.3 Å². The van der Waals surface area contributed by atoms with Gasteiger partial charge >= 0.3 is 16.4 Å². The number of carbonyl (C=O) groups excluding carboxylic acids is 2. The molecule has 0 aliphatic carbocycles. The number of hydrogen-bond donors (Lipinski definition) is 4. The third kappa shape index (κ3) is 9.22. The van der Waals surface area contributed by atoms with Crippen molar-refractivity contribution >= 4 is 50.4 Å². The second-order valence-electron chi connectivity index (χ2n) is 12.2. The Hall–Kier alpha value is -4.70. The van der Waals surface area contributed by atoms with Crippen molar-refractivity contribution < 1.29 is 55.4 Å². The Labute approximate surface area is 279 Å². The van der Waals surface area contributed by atoms with E-state index in [9.17, 15) is 27.9 Å². The monoisotopic (exact) mass is 711 g/mol. The topological polar surface area (TPSA) is 242 Å². The van der Waals surface area contributed by atoms with E-state index in [1.54, 1.807) is 12.1 Å².